The number of hydrogen-bond donors (Lipinski definition) is 0. The van der Waals surface area contributed by atoms with Crippen molar-refractivity contribution in [3.63, 3.8) is 0 Å². The molecule has 0 aliphatic carbocycles. The Morgan fingerprint density at radius 2 is 2.00 bits per heavy atom. The third-order valence-corrected chi connectivity index (χ3v) is 4.78. The van der Waals surface area contributed by atoms with Crippen LogP contribution in [0.15, 0.2) is 36.5 Å². The van der Waals surface area contributed by atoms with Gasteiger partial charge in [-0.05, 0) is 37.6 Å². The highest BCUT2D eigenvalue weighted by molar-refractivity contribution is 5.44. The van der Waals surface area contributed by atoms with E-state index in [0.29, 0.717) is 26.1 Å². The average Bonchev–Trinajstić information content (AvgIpc) is 3.28. The molecular weight excluding hydrogens is 345 g/mol. The molecule has 1 aliphatic heterocycles. The molecule has 3 aromatic rings. The second-order valence-electron chi connectivity index (χ2n) is 6.49. The van der Waals surface area contributed by atoms with Crippen molar-refractivity contribution in [1.29, 1.82) is 0 Å². The summed E-state index contributed by atoms with van der Waals surface area (Å²) in [5, 5.41) is 8.77. The average molecular weight is 367 g/mol. The van der Waals surface area contributed by atoms with Gasteiger partial charge in [0.2, 0.25) is 5.95 Å². The Kier molecular flexibility index (Phi) is 4.75. The van der Waals surface area contributed by atoms with Gasteiger partial charge in [-0.3, -0.25) is 9.55 Å². The van der Waals surface area contributed by atoms with Crippen molar-refractivity contribution in [3.05, 3.63) is 65.0 Å². The Morgan fingerprint density at radius 1 is 1.11 bits per heavy atom. The molecular formula is C20H22FN5O. The summed E-state index contributed by atoms with van der Waals surface area (Å²) in [4.78, 5) is 6.52. The van der Waals surface area contributed by atoms with Crippen molar-refractivity contribution in [2.45, 2.75) is 39.9 Å². The molecule has 3 heterocycles. The smallest absolute Gasteiger partial charge is 0.227 e. The molecule has 7 heteroatoms. The van der Waals surface area contributed by atoms with Gasteiger partial charge in [-0.15, -0.1) is 10.2 Å². The number of fused-ring (bicyclic) bond motifs is 1. The summed E-state index contributed by atoms with van der Waals surface area (Å²) in [5.41, 5.74) is 2.66. The fourth-order valence-electron chi connectivity index (χ4n) is 3.47. The van der Waals surface area contributed by atoms with Crippen LogP contribution in [0.1, 0.15) is 36.5 Å². The molecule has 0 radical (unpaired) electrons. The van der Waals surface area contributed by atoms with Crippen molar-refractivity contribution in [1.82, 2.24) is 19.7 Å². The molecule has 4 rings (SSSR count). The van der Waals surface area contributed by atoms with E-state index in [2.05, 4.69) is 31.6 Å². The predicted molar refractivity (Wildman–Crippen MR) is 100 cm³/mol. The maximum Gasteiger partial charge on any atom is 0.227 e. The molecule has 0 saturated heterocycles. The molecule has 27 heavy (non-hydrogen) atoms. The number of hydrogen-bond acceptors (Lipinski definition) is 5. The first-order valence-electron chi connectivity index (χ1n) is 9.20. The maximum absolute atomic E-state index is 14.1. The zero-order chi connectivity index (χ0) is 18.8. The van der Waals surface area contributed by atoms with Crippen LogP contribution in [-0.2, 0) is 26.1 Å². The van der Waals surface area contributed by atoms with Crippen LogP contribution in [0, 0.1) is 5.82 Å². The molecule has 0 atom stereocenters. The van der Waals surface area contributed by atoms with E-state index >= 15 is 0 Å². The van der Waals surface area contributed by atoms with Crippen LogP contribution in [0.2, 0.25) is 0 Å². The molecule has 1 aliphatic rings. The quantitative estimate of drug-likeness (QED) is 0.669. The van der Waals surface area contributed by atoms with Gasteiger partial charge in [-0.25, -0.2) is 4.39 Å². The van der Waals surface area contributed by atoms with Crippen molar-refractivity contribution < 1.29 is 9.13 Å². The van der Waals surface area contributed by atoms with Gasteiger partial charge in [0, 0.05) is 30.9 Å². The Morgan fingerprint density at radius 3 is 2.70 bits per heavy atom. The molecule has 0 bridgehead atoms. The summed E-state index contributed by atoms with van der Waals surface area (Å²) >= 11 is 0. The van der Waals surface area contributed by atoms with Gasteiger partial charge in [-0.2, -0.15) is 0 Å². The molecule has 1 aromatic carbocycles. The standard InChI is InChI=1S/C20H22FN5O/c1-3-26-19(10-15-8-9-16(11-22-15)27-4-2)23-24-20(26)25-12-14-6-5-7-18(21)17(14)13-25/h5-9,11H,3-4,10,12-13H2,1-2H3. The number of pyridine rings is 1. The number of rotatable bonds is 6. The minimum absolute atomic E-state index is 0.156. The predicted octanol–water partition coefficient (Wildman–Crippen LogP) is 3.34. The van der Waals surface area contributed by atoms with Crippen LogP contribution in [0.3, 0.4) is 0 Å². The first kappa shape index (κ1) is 17.5. The van der Waals surface area contributed by atoms with Crippen molar-refractivity contribution in [3.8, 4) is 5.75 Å². The maximum atomic E-state index is 14.1. The SMILES string of the molecule is CCOc1ccc(Cc2nnc(N3Cc4cccc(F)c4C3)n2CC)nc1. The number of nitrogens with zero attached hydrogens (tertiary/aromatic N) is 5. The third-order valence-electron chi connectivity index (χ3n) is 4.78. The lowest BCUT2D eigenvalue weighted by atomic mass is 10.1. The van der Waals surface area contributed by atoms with Gasteiger partial charge in [0.25, 0.3) is 0 Å². The molecule has 0 amide bonds. The molecule has 2 aromatic heterocycles. The second-order valence-corrected chi connectivity index (χ2v) is 6.49. The topological polar surface area (TPSA) is 56.1 Å². The summed E-state index contributed by atoms with van der Waals surface area (Å²) in [7, 11) is 0. The van der Waals surface area contributed by atoms with Crippen LogP contribution < -0.4 is 9.64 Å². The van der Waals surface area contributed by atoms with E-state index in [0.717, 1.165) is 40.9 Å². The number of anilines is 1. The largest absolute Gasteiger partial charge is 0.492 e. The third kappa shape index (κ3) is 3.37. The minimum atomic E-state index is -0.156. The first-order valence-corrected chi connectivity index (χ1v) is 9.20. The molecule has 140 valence electrons. The summed E-state index contributed by atoms with van der Waals surface area (Å²) in [5.74, 6) is 2.22. The lowest BCUT2D eigenvalue weighted by Gasteiger charge is -2.17. The van der Waals surface area contributed by atoms with Crippen LogP contribution in [0.25, 0.3) is 0 Å². The molecule has 0 unspecified atom stereocenters. The number of aromatic nitrogens is 4. The van der Waals surface area contributed by atoms with Crippen LogP contribution in [0.5, 0.6) is 5.75 Å². The van der Waals surface area contributed by atoms with Gasteiger partial charge >= 0.3 is 0 Å². The summed E-state index contributed by atoms with van der Waals surface area (Å²) in [6.07, 6.45) is 2.31. The second kappa shape index (κ2) is 7.34. The molecule has 0 saturated carbocycles. The van der Waals surface area contributed by atoms with E-state index in [9.17, 15) is 4.39 Å². The lowest BCUT2D eigenvalue weighted by molar-refractivity contribution is 0.338. The Balaban J connectivity index is 1.55. The van der Waals surface area contributed by atoms with E-state index in [4.69, 9.17) is 4.74 Å². The molecule has 0 N–H and O–H groups in total. The van der Waals surface area contributed by atoms with Gasteiger partial charge in [0.05, 0.1) is 19.2 Å². The van der Waals surface area contributed by atoms with E-state index in [1.807, 2.05) is 25.1 Å². The van der Waals surface area contributed by atoms with E-state index in [1.165, 1.54) is 6.07 Å². The normalized spacial score (nSPS) is 13.1. The van der Waals surface area contributed by atoms with Crippen LogP contribution >= 0.6 is 0 Å². The van der Waals surface area contributed by atoms with Gasteiger partial charge in [0.1, 0.15) is 17.4 Å². The number of halogens is 1. The Bertz CT molecular complexity index is 938. The van der Waals surface area contributed by atoms with Crippen LogP contribution in [-0.4, -0.2) is 26.4 Å². The van der Waals surface area contributed by atoms with Crippen molar-refractivity contribution in [2.24, 2.45) is 0 Å². The summed E-state index contributed by atoms with van der Waals surface area (Å²) < 4.78 is 21.6. The number of ether oxygens (including phenoxy) is 1. The lowest BCUT2D eigenvalue weighted by Crippen LogP contribution is -2.20. The molecule has 6 nitrogen and oxygen atoms in total. The first-order chi connectivity index (χ1) is 13.2. The summed E-state index contributed by atoms with van der Waals surface area (Å²) in [6.45, 7) is 6.53. The van der Waals surface area contributed by atoms with Crippen molar-refractivity contribution in [2.75, 3.05) is 11.5 Å². The van der Waals surface area contributed by atoms with E-state index < -0.39 is 0 Å². The van der Waals surface area contributed by atoms with Crippen LogP contribution in [0.4, 0.5) is 10.3 Å². The van der Waals surface area contributed by atoms with Crippen molar-refractivity contribution >= 4 is 5.95 Å². The Labute approximate surface area is 157 Å². The fraction of sp³-hybridized carbons (Fsp3) is 0.350. The number of benzene rings is 1. The monoisotopic (exact) mass is 367 g/mol. The minimum Gasteiger partial charge on any atom is -0.492 e. The van der Waals surface area contributed by atoms with E-state index in [-0.39, 0.29) is 5.82 Å². The van der Waals surface area contributed by atoms with Gasteiger partial charge in [-0.1, -0.05) is 12.1 Å². The highest BCUT2D eigenvalue weighted by Gasteiger charge is 2.26. The zero-order valence-corrected chi connectivity index (χ0v) is 15.5. The van der Waals surface area contributed by atoms with Gasteiger partial charge < -0.3 is 9.64 Å². The molecule has 0 fully saturated rings. The zero-order valence-electron chi connectivity index (χ0n) is 15.5. The van der Waals surface area contributed by atoms with E-state index in [1.54, 1.807) is 12.3 Å². The summed E-state index contributed by atoms with van der Waals surface area (Å²) in [6, 6.07) is 9.09. The van der Waals surface area contributed by atoms with Gasteiger partial charge in [0.15, 0.2) is 0 Å². The molecule has 0 spiro atoms. The highest BCUT2D eigenvalue weighted by Crippen LogP contribution is 2.29. The highest BCUT2D eigenvalue weighted by atomic mass is 19.1. The fourth-order valence-corrected chi connectivity index (χ4v) is 3.47. The Hall–Kier alpha value is -2.96.